The maximum atomic E-state index is 12.2. The first-order chi connectivity index (χ1) is 8.27. The predicted octanol–water partition coefficient (Wildman–Crippen LogP) is 1.23. The van der Waals surface area contributed by atoms with E-state index in [-0.39, 0.29) is 11.4 Å². The lowest BCUT2D eigenvalue weighted by molar-refractivity contribution is -0.127. The summed E-state index contributed by atoms with van der Waals surface area (Å²) in [5.41, 5.74) is 0.741. The molecular weight excluding hydrogens is 214 g/mol. The van der Waals surface area contributed by atoms with Crippen molar-refractivity contribution in [2.24, 2.45) is 0 Å². The van der Waals surface area contributed by atoms with Crippen LogP contribution in [-0.4, -0.2) is 23.0 Å². The van der Waals surface area contributed by atoms with Crippen LogP contribution in [0.1, 0.15) is 31.7 Å². The standard InChI is InChI=1S/C13H19N3O/c1-2-13(6-3-7-16-13)12(17)15-10-11-4-8-14-9-5-11/h4-5,8-9,16H,2-3,6-7,10H2,1H3,(H,15,17). The van der Waals surface area contributed by atoms with E-state index in [1.54, 1.807) is 12.4 Å². The lowest BCUT2D eigenvalue weighted by Crippen LogP contribution is -2.52. The average molecular weight is 233 g/mol. The fourth-order valence-corrected chi connectivity index (χ4v) is 2.31. The van der Waals surface area contributed by atoms with Crippen molar-refractivity contribution >= 4 is 5.91 Å². The molecule has 1 aromatic heterocycles. The first kappa shape index (κ1) is 12.0. The van der Waals surface area contributed by atoms with Crippen LogP contribution in [-0.2, 0) is 11.3 Å². The summed E-state index contributed by atoms with van der Waals surface area (Å²) in [6, 6.07) is 3.84. The van der Waals surface area contributed by atoms with Crippen molar-refractivity contribution < 1.29 is 4.79 Å². The second-order valence-corrected chi connectivity index (χ2v) is 4.50. The van der Waals surface area contributed by atoms with Crippen LogP contribution in [0.3, 0.4) is 0 Å². The average Bonchev–Trinajstić information content (AvgIpc) is 2.87. The molecule has 1 amide bonds. The van der Waals surface area contributed by atoms with Crippen LogP contribution in [0.4, 0.5) is 0 Å². The molecule has 4 nitrogen and oxygen atoms in total. The van der Waals surface area contributed by atoms with E-state index in [4.69, 9.17) is 0 Å². The number of carbonyl (C=O) groups excluding carboxylic acids is 1. The summed E-state index contributed by atoms with van der Waals surface area (Å²) in [4.78, 5) is 16.1. The van der Waals surface area contributed by atoms with Gasteiger partial charge < -0.3 is 10.6 Å². The van der Waals surface area contributed by atoms with Crippen LogP contribution in [0.2, 0.25) is 0 Å². The van der Waals surface area contributed by atoms with Gasteiger partial charge in [0.15, 0.2) is 0 Å². The van der Waals surface area contributed by atoms with Crippen LogP contribution in [0, 0.1) is 0 Å². The molecule has 2 N–H and O–H groups in total. The first-order valence-electron chi connectivity index (χ1n) is 6.19. The van der Waals surface area contributed by atoms with Crippen molar-refractivity contribution in [3.8, 4) is 0 Å². The summed E-state index contributed by atoms with van der Waals surface area (Å²) < 4.78 is 0. The Labute approximate surface area is 102 Å². The van der Waals surface area contributed by atoms with E-state index in [2.05, 4.69) is 22.5 Å². The number of hydrogen-bond donors (Lipinski definition) is 2. The Kier molecular flexibility index (Phi) is 3.74. The number of carbonyl (C=O) groups is 1. The Bertz CT molecular complexity index is 372. The van der Waals surface area contributed by atoms with Crippen LogP contribution >= 0.6 is 0 Å². The Morgan fingerprint density at radius 1 is 1.53 bits per heavy atom. The summed E-state index contributed by atoms with van der Waals surface area (Å²) in [6.07, 6.45) is 6.34. The lowest BCUT2D eigenvalue weighted by Gasteiger charge is -2.26. The van der Waals surface area contributed by atoms with Gasteiger partial charge in [-0.2, -0.15) is 0 Å². The highest BCUT2D eigenvalue weighted by Crippen LogP contribution is 2.23. The van der Waals surface area contributed by atoms with Gasteiger partial charge in [-0.25, -0.2) is 0 Å². The number of amides is 1. The molecule has 0 aliphatic carbocycles. The van der Waals surface area contributed by atoms with E-state index in [0.29, 0.717) is 6.54 Å². The molecule has 1 atom stereocenters. The molecule has 1 aliphatic heterocycles. The molecule has 1 aromatic rings. The van der Waals surface area contributed by atoms with E-state index in [1.807, 2.05) is 12.1 Å². The Morgan fingerprint density at radius 3 is 2.88 bits per heavy atom. The van der Waals surface area contributed by atoms with Gasteiger partial charge in [0.25, 0.3) is 0 Å². The number of rotatable bonds is 4. The van der Waals surface area contributed by atoms with E-state index in [1.165, 1.54) is 0 Å². The molecule has 0 saturated carbocycles. The molecule has 1 aliphatic rings. The highest BCUT2D eigenvalue weighted by Gasteiger charge is 2.38. The third kappa shape index (κ3) is 2.64. The monoisotopic (exact) mass is 233 g/mol. The molecule has 17 heavy (non-hydrogen) atoms. The van der Waals surface area contributed by atoms with E-state index in [0.717, 1.165) is 31.4 Å². The number of pyridine rings is 1. The predicted molar refractivity (Wildman–Crippen MR) is 66.3 cm³/mol. The Morgan fingerprint density at radius 2 is 2.29 bits per heavy atom. The van der Waals surface area contributed by atoms with Gasteiger partial charge in [-0.3, -0.25) is 9.78 Å². The molecular formula is C13H19N3O. The lowest BCUT2D eigenvalue weighted by atomic mass is 9.93. The minimum atomic E-state index is -0.340. The number of aromatic nitrogens is 1. The molecule has 0 radical (unpaired) electrons. The molecule has 0 bridgehead atoms. The van der Waals surface area contributed by atoms with Gasteiger partial charge in [0.2, 0.25) is 5.91 Å². The van der Waals surface area contributed by atoms with Crippen LogP contribution < -0.4 is 10.6 Å². The normalized spacial score (nSPS) is 23.6. The van der Waals surface area contributed by atoms with Crippen molar-refractivity contribution in [1.29, 1.82) is 0 Å². The van der Waals surface area contributed by atoms with Crippen molar-refractivity contribution in [2.75, 3.05) is 6.54 Å². The van der Waals surface area contributed by atoms with Gasteiger partial charge in [-0.15, -0.1) is 0 Å². The van der Waals surface area contributed by atoms with Gasteiger partial charge in [-0.1, -0.05) is 6.92 Å². The summed E-state index contributed by atoms with van der Waals surface area (Å²) >= 11 is 0. The summed E-state index contributed by atoms with van der Waals surface area (Å²) in [7, 11) is 0. The summed E-state index contributed by atoms with van der Waals surface area (Å²) in [6.45, 7) is 3.58. The second-order valence-electron chi connectivity index (χ2n) is 4.50. The van der Waals surface area contributed by atoms with E-state index < -0.39 is 0 Å². The minimum Gasteiger partial charge on any atom is -0.350 e. The summed E-state index contributed by atoms with van der Waals surface area (Å²) in [5.74, 6) is 0.120. The maximum absolute atomic E-state index is 12.2. The van der Waals surface area contributed by atoms with Gasteiger partial charge in [-0.05, 0) is 43.5 Å². The fourth-order valence-electron chi connectivity index (χ4n) is 2.31. The van der Waals surface area contributed by atoms with Crippen molar-refractivity contribution in [3.63, 3.8) is 0 Å². The maximum Gasteiger partial charge on any atom is 0.240 e. The zero-order valence-corrected chi connectivity index (χ0v) is 10.2. The highest BCUT2D eigenvalue weighted by molar-refractivity contribution is 5.86. The van der Waals surface area contributed by atoms with E-state index >= 15 is 0 Å². The quantitative estimate of drug-likeness (QED) is 0.822. The summed E-state index contributed by atoms with van der Waals surface area (Å²) in [5, 5.41) is 6.33. The molecule has 4 heteroatoms. The SMILES string of the molecule is CCC1(C(=O)NCc2ccncc2)CCCN1. The molecule has 0 aromatic carbocycles. The molecule has 2 heterocycles. The van der Waals surface area contributed by atoms with Crippen LogP contribution in [0.5, 0.6) is 0 Å². The van der Waals surface area contributed by atoms with Gasteiger partial charge >= 0.3 is 0 Å². The third-order valence-corrected chi connectivity index (χ3v) is 3.48. The van der Waals surface area contributed by atoms with Crippen molar-refractivity contribution in [1.82, 2.24) is 15.6 Å². The Balaban J connectivity index is 1.93. The smallest absolute Gasteiger partial charge is 0.240 e. The fraction of sp³-hybridized carbons (Fsp3) is 0.538. The third-order valence-electron chi connectivity index (χ3n) is 3.48. The highest BCUT2D eigenvalue weighted by atomic mass is 16.2. The van der Waals surface area contributed by atoms with Crippen LogP contribution in [0.25, 0.3) is 0 Å². The topological polar surface area (TPSA) is 54.0 Å². The Hall–Kier alpha value is -1.42. The second kappa shape index (κ2) is 5.27. The molecule has 92 valence electrons. The number of hydrogen-bond acceptors (Lipinski definition) is 3. The van der Waals surface area contributed by atoms with E-state index in [9.17, 15) is 4.79 Å². The van der Waals surface area contributed by atoms with Crippen LogP contribution in [0.15, 0.2) is 24.5 Å². The molecule has 1 fully saturated rings. The zero-order chi connectivity index (χ0) is 12.1. The number of nitrogens with one attached hydrogen (secondary N) is 2. The molecule has 2 rings (SSSR count). The zero-order valence-electron chi connectivity index (χ0n) is 10.2. The van der Waals surface area contributed by atoms with Crippen molar-refractivity contribution in [2.45, 2.75) is 38.3 Å². The number of nitrogens with zero attached hydrogens (tertiary/aromatic N) is 1. The largest absolute Gasteiger partial charge is 0.350 e. The minimum absolute atomic E-state index is 0.120. The van der Waals surface area contributed by atoms with Gasteiger partial charge in [0, 0.05) is 18.9 Å². The van der Waals surface area contributed by atoms with Crippen molar-refractivity contribution in [3.05, 3.63) is 30.1 Å². The molecule has 0 spiro atoms. The molecule has 1 saturated heterocycles. The van der Waals surface area contributed by atoms with Gasteiger partial charge in [0.05, 0.1) is 5.54 Å². The molecule has 1 unspecified atom stereocenters. The van der Waals surface area contributed by atoms with Gasteiger partial charge in [0.1, 0.15) is 0 Å². The first-order valence-corrected chi connectivity index (χ1v) is 6.19.